The lowest BCUT2D eigenvalue weighted by Crippen LogP contribution is -1.99. The molecule has 0 saturated heterocycles. The first-order valence-corrected chi connectivity index (χ1v) is 30.0. The Bertz CT molecular complexity index is 5580. The summed E-state index contributed by atoms with van der Waals surface area (Å²) in [6.45, 7) is 0. The van der Waals surface area contributed by atoms with Crippen molar-refractivity contribution in [2.24, 2.45) is 0 Å². The maximum Gasteiger partial charge on any atom is 0.180 e. The molecule has 18 rings (SSSR count). The molecule has 0 atom stereocenters. The molecule has 0 amide bonds. The first kappa shape index (κ1) is 50.8. The molecule has 5 nitrogen and oxygen atoms in total. The summed E-state index contributed by atoms with van der Waals surface area (Å²) < 4.78 is 6.27. The van der Waals surface area contributed by atoms with Gasteiger partial charge < -0.3 is 4.42 Å². The number of fused-ring (bicyclic) bond motifs is 15. The summed E-state index contributed by atoms with van der Waals surface area (Å²) in [4.78, 5) is 20.5. The molecule has 0 bridgehead atoms. The molecule has 0 saturated carbocycles. The van der Waals surface area contributed by atoms with E-state index in [0.29, 0.717) is 11.4 Å². The molecule has 0 radical (unpaired) electrons. The average Bonchev–Trinajstić information content (AvgIpc) is 1.80. The number of rotatable bonds is 7. The van der Waals surface area contributed by atoms with E-state index in [1.165, 1.54) is 87.2 Å². The monoisotopic (exact) mass is 1120 g/mol. The van der Waals surface area contributed by atoms with Crippen LogP contribution in [0, 0.1) is 0 Å². The SMILES string of the molecule is c1ccc(-c2nc(-c3cccc(-c4ccc5ccc6ccccc6c5c4)c3)nc3c2oc2ccccc23)cc1.c1ccc(-c2nc(-c3cccc(-c4cccc(-c5ccc6c7ccccc7c7ccccc7c6c5)c4)c3)nc3c2Cc2ccccc2-3)cc1. The van der Waals surface area contributed by atoms with E-state index in [-0.39, 0.29) is 0 Å². The molecule has 0 aliphatic heterocycles. The molecular weight excluding hydrogens is 1070 g/mol. The first-order chi connectivity index (χ1) is 43.6. The van der Waals surface area contributed by atoms with Crippen molar-refractivity contribution in [3.8, 4) is 89.9 Å². The fourth-order valence-electron chi connectivity index (χ4n) is 13.3. The van der Waals surface area contributed by atoms with Gasteiger partial charge in [0.05, 0.1) is 11.4 Å². The molecule has 3 aromatic heterocycles. The smallest absolute Gasteiger partial charge is 0.180 e. The molecule has 17 aromatic rings. The molecule has 1 aliphatic carbocycles. The van der Waals surface area contributed by atoms with E-state index in [0.717, 1.165) is 84.8 Å². The molecule has 14 aromatic carbocycles. The molecule has 5 heteroatoms. The second-order valence-electron chi connectivity index (χ2n) is 22.8. The number of hydrogen-bond acceptors (Lipinski definition) is 5. The van der Waals surface area contributed by atoms with Crippen molar-refractivity contribution in [3.63, 3.8) is 0 Å². The minimum absolute atomic E-state index is 0.681. The molecule has 1 aliphatic rings. The van der Waals surface area contributed by atoms with Gasteiger partial charge in [-0.3, -0.25) is 0 Å². The van der Waals surface area contributed by atoms with Gasteiger partial charge in [-0.1, -0.05) is 261 Å². The van der Waals surface area contributed by atoms with Crippen LogP contribution in [0.25, 0.3) is 166 Å². The van der Waals surface area contributed by atoms with Gasteiger partial charge in [-0.05, 0) is 135 Å². The van der Waals surface area contributed by atoms with Gasteiger partial charge in [-0.2, -0.15) is 0 Å². The van der Waals surface area contributed by atoms with E-state index in [1.807, 2.05) is 36.4 Å². The zero-order valence-corrected chi connectivity index (χ0v) is 47.8. The summed E-state index contributed by atoms with van der Waals surface area (Å²) in [5.74, 6) is 1.43. The Labute approximate surface area is 508 Å². The van der Waals surface area contributed by atoms with Crippen LogP contribution >= 0.6 is 0 Å². The highest BCUT2D eigenvalue weighted by Crippen LogP contribution is 2.43. The van der Waals surface area contributed by atoms with Gasteiger partial charge >= 0.3 is 0 Å². The molecule has 0 fully saturated rings. The number of aromatic nitrogens is 4. The third kappa shape index (κ3) is 8.87. The molecular formula is C83H52N4O. The summed E-state index contributed by atoms with van der Waals surface area (Å²) in [6.07, 6.45) is 0.851. The van der Waals surface area contributed by atoms with Gasteiger partial charge in [-0.25, -0.2) is 19.9 Å². The van der Waals surface area contributed by atoms with Crippen molar-refractivity contribution in [2.45, 2.75) is 6.42 Å². The van der Waals surface area contributed by atoms with Crippen LogP contribution in [0.15, 0.2) is 308 Å². The molecule has 88 heavy (non-hydrogen) atoms. The van der Waals surface area contributed by atoms with E-state index in [2.05, 4.69) is 267 Å². The number of para-hydroxylation sites is 1. The summed E-state index contributed by atoms with van der Waals surface area (Å²) in [6, 6.07) is 107. The number of furan rings is 1. The van der Waals surface area contributed by atoms with Gasteiger partial charge in [0.2, 0.25) is 0 Å². The van der Waals surface area contributed by atoms with Gasteiger partial charge in [0.25, 0.3) is 0 Å². The number of benzene rings is 14. The summed E-state index contributed by atoms with van der Waals surface area (Å²) in [7, 11) is 0. The van der Waals surface area contributed by atoms with Crippen molar-refractivity contribution < 1.29 is 4.42 Å². The Morgan fingerprint density at radius 3 is 1.33 bits per heavy atom. The number of hydrogen-bond donors (Lipinski definition) is 0. The zero-order valence-electron chi connectivity index (χ0n) is 47.8. The second kappa shape index (κ2) is 21.1. The van der Waals surface area contributed by atoms with Crippen molar-refractivity contribution in [1.29, 1.82) is 0 Å². The third-order valence-electron chi connectivity index (χ3n) is 17.6. The first-order valence-electron chi connectivity index (χ1n) is 30.0. The molecule has 0 unspecified atom stereocenters. The van der Waals surface area contributed by atoms with Crippen LogP contribution in [-0.4, -0.2) is 19.9 Å². The van der Waals surface area contributed by atoms with Crippen LogP contribution in [0.4, 0.5) is 0 Å². The Morgan fingerprint density at radius 2 is 0.670 bits per heavy atom. The highest BCUT2D eigenvalue weighted by atomic mass is 16.3. The Hall–Kier alpha value is -11.7. The fraction of sp³-hybridized carbons (Fsp3) is 0.0120. The van der Waals surface area contributed by atoms with Crippen LogP contribution in [0.1, 0.15) is 11.1 Å². The van der Waals surface area contributed by atoms with Crippen molar-refractivity contribution in [2.75, 3.05) is 0 Å². The molecule has 3 heterocycles. The van der Waals surface area contributed by atoms with Crippen LogP contribution in [-0.2, 0) is 6.42 Å². The van der Waals surface area contributed by atoms with E-state index in [1.54, 1.807) is 0 Å². The third-order valence-corrected chi connectivity index (χ3v) is 17.6. The fourth-order valence-corrected chi connectivity index (χ4v) is 13.3. The molecule has 0 N–H and O–H groups in total. The average molecular weight is 1120 g/mol. The lowest BCUT2D eigenvalue weighted by molar-refractivity contribution is 0.667. The maximum atomic E-state index is 6.27. The van der Waals surface area contributed by atoms with Gasteiger partial charge in [0, 0.05) is 45.2 Å². The van der Waals surface area contributed by atoms with E-state index >= 15 is 0 Å². The highest BCUT2D eigenvalue weighted by Gasteiger charge is 2.26. The topological polar surface area (TPSA) is 64.7 Å². The summed E-state index contributed by atoms with van der Waals surface area (Å²) >= 11 is 0. The highest BCUT2D eigenvalue weighted by molar-refractivity contribution is 6.26. The van der Waals surface area contributed by atoms with Gasteiger partial charge in [0.1, 0.15) is 16.8 Å². The Kier molecular flexibility index (Phi) is 12.2. The number of nitrogens with zero attached hydrogens (tertiary/aromatic N) is 4. The Balaban J connectivity index is 0.000000140. The summed E-state index contributed by atoms with van der Waals surface area (Å²) in [5, 5.41) is 13.7. The zero-order chi connectivity index (χ0) is 58.1. The van der Waals surface area contributed by atoms with E-state index in [9.17, 15) is 0 Å². The van der Waals surface area contributed by atoms with E-state index in [4.69, 9.17) is 24.4 Å². The molecule has 0 spiro atoms. The van der Waals surface area contributed by atoms with Crippen LogP contribution in [0.2, 0.25) is 0 Å². The maximum absolute atomic E-state index is 6.27. The van der Waals surface area contributed by atoms with Crippen LogP contribution in [0.3, 0.4) is 0 Å². The minimum Gasteiger partial charge on any atom is -0.452 e. The van der Waals surface area contributed by atoms with Crippen molar-refractivity contribution in [3.05, 3.63) is 314 Å². The van der Waals surface area contributed by atoms with Crippen molar-refractivity contribution in [1.82, 2.24) is 19.9 Å². The Morgan fingerprint density at radius 1 is 0.250 bits per heavy atom. The standard InChI is InChI=1S/C47H30N2.C36H22N2O/c1-2-12-30(13-3-1)45-44-29-35-14-4-5-19-37(35)46(44)49-47(48-45)36-18-11-17-33(27-36)31-15-10-16-32(26-31)34-24-25-42-40-22-7-6-20-38(40)39-21-8-9-23-41(39)43(42)28-34;1-2-10-25(11-3-1)33-35-34(30-15-6-7-16-32(30)39-35)38-36(37-33)28-13-8-12-26(21-28)27-20-19-24-18-17-23-9-4-5-14-29(23)31(24)22-27/h1-28H,29H2;1-22H. The van der Waals surface area contributed by atoms with Gasteiger partial charge in [-0.15, -0.1) is 0 Å². The predicted molar refractivity (Wildman–Crippen MR) is 365 cm³/mol. The minimum atomic E-state index is 0.681. The second-order valence-corrected chi connectivity index (χ2v) is 22.8. The van der Waals surface area contributed by atoms with Crippen LogP contribution in [0.5, 0.6) is 0 Å². The van der Waals surface area contributed by atoms with Crippen LogP contribution < -0.4 is 0 Å². The quantitative estimate of drug-likeness (QED) is 0.149. The van der Waals surface area contributed by atoms with E-state index < -0.39 is 0 Å². The molecule has 410 valence electrons. The lowest BCUT2D eigenvalue weighted by atomic mass is 9.91. The van der Waals surface area contributed by atoms with Crippen molar-refractivity contribution >= 4 is 75.9 Å². The largest absolute Gasteiger partial charge is 0.452 e. The normalized spacial score (nSPS) is 11.8. The summed E-state index contributed by atoms with van der Waals surface area (Å²) in [5.41, 5.74) is 20.0. The lowest BCUT2D eigenvalue weighted by Gasteiger charge is -2.13. The van der Waals surface area contributed by atoms with Gasteiger partial charge in [0.15, 0.2) is 17.2 Å². The predicted octanol–water partition coefficient (Wildman–Crippen LogP) is 21.9.